The van der Waals surface area contributed by atoms with E-state index < -0.39 is 21.5 Å². The van der Waals surface area contributed by atoms with Crippen LogP contribution in [0.15, 0.2) is 29.2 Å². The first-order chi connectivity index (χ1) is 9.91. The van der Waals surface area contributed by atoms with E-state index >= 15 is 0 Å². The monoisotopic (exact) mass is 309 g/mol. The number of esters is 1. The van der Waals surface area contributed by atoms with Gasteiger partial charge in [0.2, 0.25) is 10.0 Å². The molecule has 0 radical (unpaired) electrons. The first-order valence-corrected chi connectivity index (χ1v) is 8.58. The topological polar surface area (TPSA) is 72.5 Å². The van der Waals surface area contributed by atoms with Crippen LogP contribution in [0.2, 0.25) is 0 Å². The summed E-state index contributed by atoms with van der Waals surface area (Å²) in [6, 6.07) is 6.74. The lowest BCUT2D eigenvalue weighted by Crippen LogP contribution is -2.56. The van der Waals surface area contributed by atoms with Crippen molar-refractivity contribution in [2.75, 3.05) is 7.11 Å². The average molecular weight is 309 g/mol. The van der Waals surface area contributed by atoms with Gasteiger partial charge < -0.3 is 4.74 Å². The Kier molecular flexibility index (Phi) is 4.73. The predicted octanol–water partition coefficient (Wildman–Crippen LogP) is 0.0992. The standard InChI is InChI=1S/C14H20BNO4S/c1-20-13(17)14(9-5-2-6-10-14)16-21(18,19)12-8-4-3-7-11(12)15/h3-4,7-8,16H,2,5-6,9-10,15H2,1H3. The summed E-state index contributed by atoms with van der Waals surface area (Å²) < 4.78 is 32.7. The summed E-state index contributed by atoms with van der Waals surface area (Å²) in [4.78, 5) is 12.3. The molecule has 1 aromatic carbocycles. The summed E-state index contributed by atoms with van der Waals surface area (Å²) in [6.45, 7) is 0. The maximum Gasteiger partial charge on any atom is 0.327 e. The molecule has 0 spiro atoms. The Bertz CT molecular complexity index is 624. The summed E-state index contributed by atoms with van der Waals surface area (Å²) in [6.07, 6.45) is 3.58. The second kappa shape index (κ2) is 6.19. The first kappa shape index (κ1) is 16.0. The van der Waals surface area contributed by atoms with Crippen LogP contribution < -0.4 is 10.2 Å². The van der Waals surface area contributed by atoms with Crippen LogP contribution in [-0.2, 0) is 19.6 Å². The zero-order valence-electron chi connectivity index (χ0n) is 12.4. The van der Waals surface area contributed by atoms with Gasteiger partial charge in [-0.25, -0.2) is 8.42 Å². The molecule has 1 fully saturated rings. The van der Waals surface area contributed by atoms with E-state index in [1.807, 2.05) is 0 Å². The summed E-state index contributed by atoms with van der Waals surface area (Å²) in [7, 11) is -0.726. The molecule has 0 aliphatic heterocycles. The minimum absolute atomic E-state index is 0.207. The van der Waals surface area contributed by atoms with E-state index in [0.29, 0.717) is 18.3 Å². The van der Waals surface area contributed by atoms with Gasteiger partial charge in [0.25, 0.3) is 0 Å². The van der Waals surface area contributed by atoms with Crippen LogP contribution in [-0.4, -0.2) is 34.9 Å². The Morgan fingerprint density at radius 3 is 2.43 bits per heavy atom. The largest absolute Gasteiger partial charge is 0.468 e. The van der Waals surface area contributed by atoms with Gasteiger partial charge in [0, 0.05) is 0 Å². The third-order valence-corrected chi connectivity index (χ3v) is 5.69. The van der Waals surface area contributed by atoms with Gasteiger partial charge in [0.15, 0.2) is 0 Å². The molecular formula is C14H20BNO4S. The smallest absolute Gasteiger partial charge is 0.327 e. The third kappa shape index (κ3) is 3.29. The third-order valence-electron chi connectivity index (χ3n) is 4.00. The van der Waals surface area contributed by atoms with Crippen molar-refractivity contribution >= 4 is 29.3 Å². The van der Waals surface area contributed by atoms with Gasteiger partial charge in [0.1, 0.15) is 13.4 Å². The van der Waals surface area contributed by atoms with Crippen molar-refractivity contribution in [3.8, 4) is 0 Å². The molecule has 0 saturated heterocycles. The lowest BCUT2D eigenvalue weighted by atomic mass is 9.83. The SMILES string of the molecule is Bc1ccccc1S(=O)(=O)NC1(C(=O)OC)CCCCC1. The zero-order valence-corrected chi connectivity index (χ0v) is 13.2. The number of hydrogen-bond donors (Lipinski definition) is 1. The van der Waals surface area contributed by atoms with Crippen LogP contribution in [0.25, 0.3) is 0 Å². The van der Waals surface area contributed by atoms with Gasteiger partial charge in [-0.15, -0.1) is 0 Å². The normalized spacial score (nSPS) is 18.1. The van der Waals surface area contributed by atoms with Crippen molar-refractivity contribution in [2.24, 2.45) is 0 Å². The van der Waals surface area contributed by atoms with Crippen molar-refractivity contribution in [1.82, 2.24) is 4.72 Å². The van der Waals surface area contributed by atoms with Crippen LogP contribution in [0, 0.1) is 0 Å². The van der Waals surface area contributed by atoms with Crippen molar-refractivity contribution in [3.63, 3.8) is 0 Å². The maximum atomic E-state index is 12.6. The number of sulfonamides is 1. The molecule has 7 heteroatoms. The van der Waals surface area contributed by atoms with Crippen LogP contribution in [0.5, 0.6) is 0 Å². The van der Waals surface area contributed by atoms with Crippen molar-refractivity contribution in [1.29, 1.82) is 0 Å². The Morgan fingerprint density at radius 1 is 1.24 bits per heavy atom. The fourth-order valence-electron chi connectivity index (χ4n) is 2.87. The summed E-state index contributed by atoms with van der Waals surface area (Å²) in [5, 5.41) is 0. The molecule has 1 aromatic rings. The Hall–Kier alpha value is -1.34. The minimum Gasteiger partial charge on any atom is -0.468 e. The number of carbonyl (C=O) groups excluding carboxylic acids is 1. The number of ether oxygens (including phenoxy) is 1. The van der Waals surface area contributed by atoms with E-state index in [2.05, 4.69) is 4.72 Å². The summed E-state index contributed by atoms with van der Waals surface area (Å²) >= 11 is 0. The highest BCUT2D eigenvalue weighted by atomic mass is 32.2. The van der Waals surface area contributed by atoms with E-state index in [9.17, 15) is 13.2 Å². The first-order valence-electron chi connectivity index (χ1n) is 7.09. The fraction of sp³-hybridized carbons (Fsp3) is 0.500. The molecule has 0 unspecified atom stereocenters. The van der Waals surface area contributed by atoms with Crippen molar-refractivity contribution in [3.05, 3.63) is 24.3 Å². The van der Waals surface area contributed by atoms with E-state index in [1.54, 1.807) is 32.1 Å². The van der Waals surface area contributed by atoms with Crippen molar-refractivity contribution < 1.29 is 17.9 Å². The van der Waals surface area contributed by atoms with Gasteiger partial charge in [0.05, 0.1) is 12.0 Å². The molecule has 0 amide bonds. The number of nitrogens with one attached hydrogen (secondary N) is 1. The molecule has 114 valence electrons. The summed E-state index contributed by atoms with van der Waals surface area (Å²) in [5.74, 6) is -0.501. The van der Waals surface area contributed by atoms with E-state index in [4.69, 9.17) is 4.74 Å². The second-order valence-electron chi connectivity index (χ2n) is 5.51. The fourth-order valence-corrected chi connectivity index (χ4v) is 4.53. The Balaban J connectivity index is 2.36. The molecule has 1 aliphatic rings. The molecule has 1 N–H and O–H groups in total. The molecule has 0 atom stereocenters. The zero-order chi connectivity index (χ0) is 15.5. The predicted molar refractivity (Wildman–Crippen MR) is 82.8 cm³/mol. The molecule has 0 heterocycles. The van der Waals surface area contributed by atoms with E-state index in [-0.39, 0.29) is 4.90 Å². The Labute approximate surface area is 126 Å². The lowest BCUT2D eigenvalue weighted by molar-refractivity contribution is -0.149. The number of methoxy groups -OCH3 is 1. The number of rotatable bonds is 4. The van der Waals surface area contributed by atoms with Crippen LogP contribution in [0.4, 0.5) is 0 Å². The Morgan fingerprint density at radius 2 is 1.86 bits per heavy atom. The van der Waals surface area contributed by atoms with Crippen LogP contribution in [0.1, 0.15) is 32.1 Å². The minimum atomic E-state index is -3.75. The van der Waals surface area contributed by atoms with Gasteiger partial charge in [-0.2, -0.15) is 4.72 Å². The summed E-state index contributed by atoms with van der Waals surface area (Å²) in [5.41, 5.74) is -0.477. The van der Waals surface area contributed by atoms with Crippen LogP contribution >= 0.6 is 0 Å². The number of carbonyl (C=O) groups is 1. The highest BCUT2D eigenvalue weighted by Crippen LogP contribution is 2.30. The van der Waals surface area contributed by atoms with E-state index in [1.165, 1.54) is 7.11 Å². The molecular weight excluding hydrogens is 289 g/mol. The molecule has 0 aromatic heterocycles. The van der Waals surface area contributed by atoms with Gasteiger partial charge in [-0.1, -0.05) is 42.9 Å². The molecule has 21 heavy (non-hydrogen) atoms. The van der Waals surface area contributed by atoms with E-state index in [0.717, 1.165) is 19.3 Å². The van der Waals surface area contributed by atoms with Gasteiger partial charge in [-0.3, -0.25) is 4.79 Å². The molecule has 2 rings (SSSR count). The maximum absolute atomic E-state index is 12.6. The highest BCUT2D eigenvalue weighted by molar-refractivity contribution is 7.89. The number of benzene rings is 1. The lowest BCUT2D eigenvalue weighted by Gasteiger charge is -2.34. The van der Waals surface area contributed by atoms with Gasteiger partial charge in [-0.05, 0) is 18.9 Å². The quantitative estimate of drug-likeness (QED) is 0.632. The number of hydrogen-bond acceptors (Lipinski definition) is 4. The van der Waals surface area contributed by atoms with Crippen LogP contribution in [0.3, 0.4) is 0 Å². The average Bonchev–Trinajstić information content (AvgIpc) is 2.47. The van der Waals surface area contributed by atoms with Crippen molar-refractivity contribution in [2.45, 2.75) is 42.5 Å². The molecule has 0 bridgehead atoms. The molecule has 1 aliphatic carbocycles. The highest BCUT2D eigenvalue weighted by Gasteiger charge is 2.44. The molecule has 5 nitrogen and oxygen atoms in total. The molecule has 1 saturated carbocycles. The second-order valence-corrected chi connectivity index (χ2v) is 7.16. The van der Waals surface area contributed by atoms with Gasteiger partial charge >= 0.3 is 5.97 Å².